The zero-order valence-electron chi connectivity index (χ0n) is 7.39. The predicted octanol–water partition coefficient (Wildman–Crippen LogP) is -2.27. The van der Waals surface area contributed by atoms with Gasteiger partial charge in [0.05, 0.1) is 11.9 Å². The molecule has 0 aromatic rings. The van der Waals surface area contributed by atoms with Crippen LogP contribution in [0.2, 0.25) is 0 Å². The van der Waals surface area contributed by atoms with Crippen LogP contribution >= 0.6 is 25.3 Å². The molecule has 2 unspecified atom stereocenters. The maximum Gasteiger partial charge on any atom is 2.00 e. The van der Waals surface area contributed by atoms with Crippen molar-refractivity contribution in [2.75, 3.05) is 0 Å². The fraction of sp³-hybridized carbons (Fsp3) is 0.667. The minimum Gasteiger partial charge on any atom is -0.549 e. The van der Waals surface area contributed by atoms with Gasteiger partial charge in [-0.15, -0.1) is 0 Å². The Morgan fingerprint density at radius 2 is 1.08 bits per heavy atom. The summed E-state index contributed by atoms with van der Waals surface area (Å²) >= 11 is 7.06. The number of carboxylic acid groups (broad SMARTS) is 2. The van der Waals surface area contributed by atoms with E-state index in [1.54, 1.807) is 0 Å². The summed E-state index contributed by atoms with van der Waals surface area (Å²) in [6, 6.07) is 0. The molecule has 0 radical (unpaired) electrons. The molecule has 0 aliphatic rings. The minimum absolute atomic E-state index is 0. The second-order valence-corrected chi connectivity index (χ2v) is 3.54. The predicted molar refractivity (Wildman–Crippen MR) is 52.7 cm³/mol. The molecule has 13 heavy (non-hydrogen) atoms. The Morgan fingerprint density at radius 3 is 1.08 bits per heavy atom. The van der Waals surface area contributed by atoms with Gasteiger partial charge in [-0.3, -0.25) is 0 Å². The Kier molecular flexibility index (Phi) is 16.9. The van der Waals surface area contributed by atoms with Crippen molar-refractivity contribution in [1.82, 2.24) is 0 Å². The smallest absolute Gasteiger partial charge is 0.549 e. The fourth-order valence-corrected chi connectivity index (χ4v) is 0. The number of carbonyl (C=O) groups excluding carboxylic acids is 2. The van der Waals surface area contributed by atoms with Gasteiger partial charge in [0.1, 0.15) is 0 Å². The van der Waals surface area contributed by atoms with Crippen molar-refractivity contribution in [3.05, 3.63) is 0 Å². The maximum atomic E-state index is 9.51. The number of carbonyl (C=O) groups is 2. The van der Waals surface area contributed by atoms with Gasteiger partial charge in [0.15, 0.2) is 0 Å². The van der Waals surface area contributed by atoms with Gasteiger partial charge < -0.3 is 19.8 Å². The molecule has 0 spiro atoms. The van der Waals surface area contributed by atoms with Crippen molar-refractivity contribution < 1.29 is 19.8 Å². The summed E-state index contributed by atoms with van der Waals surface area (Å²) in [7, 11) is 0. The SMILES string of the molecule is CC(S)C(=O)[O-].CC(S)C(=O)[O-].[Sr+2]. The van der Waals surface area contributed by atoms with E-state index in [1.165, 1.54) is 13.8 Å². The van der Waals surface area contributed by atoms with Gasteiger partial charge in [-0.25, -0.2) is 0 Å². The van der Waals surface area contributed by atoms with Gasteiger partial charge in [-0.1, -0.05) is 0 Å². The monoisotopic (exact) mass is 298 g/mol. The molecule has 2 atom stereocenters. The molecule has 0 aromatic carbocycles. The van der Waals surface area contributed by atoms with E-state index >= 15 is 0 Å². The summed E-state index contributed by atoms with van der Waals surface area (Å²) in [6.45, 7) is 2.89. The second kappa shape index (κ2) is 11.2. The molecule has 4 nitrogen and oxygen atoms in total. The van der Waals surface area contributed by atoms with Gasteiger partial charge >= 0.3 is 45.5 Å². The maximum absolute atomic E-state index is 9.51. The number of carboxylic acids is 2. The van der Waals surface area contributed by atoms with Crippen LogP contribution in [0, 0.1) is 0 Å². The van der Waals surface area contributed by atoms with E-state index in [4.69, 9.17) is 0 Å². The van der Waals surface area contributed by atoms with Gasteiger partial charge in [-0.2, -0.15) is 25.3 Å². The molecule has 0 aliphatic carbocycles. The largest absolute Gasteiger partial charge is 2.00 e. The molecule has 0 rings (SSSR count). The zero-order chi connectivity index (χ0) is 10.3. The summed E-state index contributed by atoms with van der Waals surface area (Å²) in [5.41, 5.74) is 0. The molecule has 0 saturated carbocycles. The third-order valence-electron chi connectivity index (χ3n) is 0.682. The van der Waals surface area contributed by atoms with E-state index in [9.17, 15) is 19.8 Å². The molecule has 0 saturated heterocycles. The first kappa shape index (κ1) is 19.7. The van der Waals surface area contributed by atoms with E-state index in [0.29, 0.717) is 0 Å². The summed E-state index contributed by atoms with van der Waals surface area (Å²) < 4.78 is 0. The molecule has 0 bridgehead atoms. The Bertz CT molecular complexity index is 143. The molecule has 0 amide bonds. The average Bonchev–Trinajstić information content (AvgIpc) is 1.88. The van der Waals surface area contributed by atoms with E-state index in [2.05, 4.69) is 25.3 Å². The standard InChI is InChI=1S/2C3H6O2S.Sr/c2*1-2(6)3(4)5;/h2*2,6H,1H3,(H,4,5);/q;;+2/p-2. The summed E-state index contributed by atoms with van der Waals surface area (Å²) in [5.74, 6) is -2.25. The van der Waals surface area contributed by atoms with E-state index in [0.717, 1.165) is 0 Å². The molecule has 0 N–H and O–H groups in total. The number of hydrogen-bond acceptors (Lipinski definition) is 6. The Labute approximate surface area is 125 Å². The van der Waals surface area contributed by atoms with Crippen LogP contribution in [0.15, 0.2) is 0 Å². The summed E-state index contributed by atoms with van der Waals surface area (Å²) in [6.07, 6.45) is 0. The van der Waals surface area contributed by atoms with Gasteiger partial charge in [0.2, 0.25) is 0 Å². The molecule has 0 heterocycles. The molecule has 7 heteroatoms. The number of rotatable bonds is 2. The van der Waals surface area contributed by atoms with Crippen molar-refractivity contribution >= 4 is 82.7 Å². The van der Waals surface area contributed by atoms with E-state index in [-0.39, 0.29) is 45.5 Å². The molecule has 0 aliphatic heterocycles. The first-order valence-electron chi connectivity index (χ1n) is 3.06. The van der Waals surface area contributed by atoms with Crippen molar-refractivity contribution in [2.24, 2.45) is 0 Å². The van der Waals surface area contributed by atoms with Gasteiger partial charge in [0.25, 0.3) is 0 Å². The van der Waals surface area contributed by atoms with Crippen LogP contribution in [0.25, 0.3) is 0 Å². The summed E-state index contributed by atoms with van der Waals surface area (Å²) in [5, 5.41) is 17.7. The Morgan fingerprint density at radius 1 is 1.00 bits per heavy atom. The Balaban J connectivity index is -0.000000143. The number of thiol groups is 2. The van der Waals surface area contributed by atoms with E-state index in [1.807, 2.05) is 0 Å². The van der Waals surface area contributed by atoms with Crippen molar-refractivity contribution in [1.29, 1.82) is 0 Å². The molecule has 0 fully saturated rings. The Hall–Kier alpha value is 1.12. The van der Waals surface area contributed by atoms with Crippen molar-refractivity contribution in [3.8, 4) is 0 Å². The topological polar surface area (TPSA) is 80.3 Å². The van der Waals surface area contributed by atoms with Gasteiger partial charge in [0, 0.05) is 10.5 Å². The quantitative estimate of drug-likeness (QED) is 0.445. The zero-order valence-corrected chi connectivity index (χ0v) is 12.7. The van der Waals surface area contributed by atoms with E-state index < -0.39 is 22.4 Å². The van der Waals surface area contributed by atoms with Crippen LogP contribution < -0.4 is 10.2 Å². The third-order valence-corrected chi connectivity index (χ3v) is 1.10. The molecule has 0 aromatic heterocycles. The minimum atomic E-state index is -1.13. The van der Waals surface area contributed by atoms with Crippen LogP contribution in [0.3, 0.4) is 0 Å². The first-order valence-corrected chi connectivity index (χ1v) is 4.10. The summed E-state index contributed by atoms with van der Waals surface area (Å²) in [4.78, 5) is 19.0. The fourth-order valence-electron chi connectivity index (χ4n) is 0. The van der Waals surface area contributed by atoms with Crippen LogP contribution in [0.4, 0.5) is 0 Å². The molecular formula is C6H10O4S2Sr. The van der Waals surface area contributed by atoms with Crippen LogP contribution in [0.5, 0.6) is 0 Å². The molecule has 72 valence electrons. The number of hydrogen-bond donors (Lipinski definition) is 2. The van der Waals surface area contributed by atoms with Gasteiger partial charge in [-0.05, 0) is 13.8 Å². The first-order chi connectivity index (χ1) is 5.29. The normalized spacial score (nSPS) is 12.6. The van der Waals surface area contributed by atoms with Crippen molar-refractivity contribution in [3.63, 3.8) is 0 Å². The third kappa shape index (κ3) is 19.5. The average molecular weight is 298 g/mol. The second-order valence-electron chi connectivity index (χ2n) is 1.99. The van der Waals surface area contributed by atoms with Crippen molar-refractivity contribution in [2.45, 2.75) is 24.3 Å². The van der Waals surface area contributed by atoms with Crippen LogP contribution in [-0.2, 0) is 9.59 Å². The van der Waals surface area contributed by atoms with Crippen LogP contribution in [0.1, 0.15) is 13.8 Å². The molecular weight excluding hydrogens is 288 g/mol. The van der Waals surface area contributed by atoms with Crippen LogP contribution in [-0.4, -0.2) is 67.9 Å². The number of aliphatic carboxylic acids is 2.